The van der Waals surface area contributed by atoms with Gasteiger partial charge in [-0.25, -0.2) is 9.97 Å². The summed E-state index contributed by atoms with van der Waals surface area (Å²) in [7, 11) is 0. The number of nitrogens with one attached hydrogen (secondary N) is 1. The van der Waals surface area contributed by atoms with E-state index in [-0.39, 0.29) is 6.04 Å². The Morgan fingerprint density at radius 2 is 2.16 bits per heavy atom. The molecular formula is C13H17N5O. The zero-order valence-electron chi connectivity index (χ0n) is 10.9. The summed E-state index contributed by atoms with van der Waals surface area (Å²) >= 11 is 0. The largest absolute Gasteiger partial charge is 0.337 e. The molecule has 0 saturated carbocycles. The Kier molecular flexibility index (Phi) is 3.50. The van der Waals surface area contributed by atoms with Crippen LogP contribution in [0.3, 0.4) is 0 Å². The standard InChI is InChI=1S/C13H17N5O/c1-2-9-4-7-14-10(8-9)13-17-12(18-19-13)11-15-5-3-6-16-11/h3,5-6,9-10,14H,2,4,7-8H2,1H3. The molecule has 0 bridgehead atoms. The van der Waals surface area contributed by atoms with E-state index in [4.69, 9.17) is 4.52 Å². The maximum absolute atomic E-state index is 5.35. The summed E-state index contributed by atoms with van der Waals surface area (Å²) in [5.74, 6) is 2.33. The van der Waals surface area contributed by atoms with Gasteiger partial charge in [-0.15, -0.1) is 0 Å². The van der Waals surface area contributed by atoms with Crippen molar-refractivity contribution in [1.82, 2.24) is 25.4 Å². The van der Waals surface area contributed by atoms with Crippen molar-refractivity contribution < 1.29 is 4.52 Å². The third kappa shape index (κ3) is 2.63. The molecule has 1 N–H and O–H groups in total. The molecule has 100 valence electrons. The molecule has 0 spiro atoms. The molecule has 0 amide bonds. The van der Waals surface area contributed by atoms with Crippen LogP contribution in [-0.2, 0) is 0 Å². The lowest BCUT2D eigenvalue weighted by Crippen LogP contribution is -2.31. The van der Waals surface area contributed by atoms with Crippen molar-refractivity contribution in [2.24, 2.45) is 5.92 Å². The van der Waals surface area contributed by atoms with Crippen molar-refractivity contribution in [3.63, 3.8) is 0 Å². The van der Waals surface area contributed by atoms with Crippen LogP contribution in [0.15, 0.2) is 23.0 Å². The van der Waals surface area contributed by atoms with Crippen molar-refractivity contribution in [3.05, 3.63) is 24.4 Å². The van der Waals surface area contributed by atoms with E-state index >= 15 is 0 Å². The summed E-state index contributed by atoms with van der Waals surface area (Å²) in [5.41, 5.74) is 0. The molecule has 0 radical (unpaired) electrons. The summed E-state index contributed by atoms with van der Waals surface area (Å²) in [6.07, 6.45) is 6.80. The molecule has 2 aromatic rings. The molecule has 1 fully saturated rings. The van der Waals surface area contributed by atoms with Crippen LogP contribution in [0.5, 0.6) is 0 Å². The van der Waals surface area contributed by atoms with Gasteiger partial charge in [0.05, 0.1) is 6.04 Å². The highest BCUT2D eigenvalue weighted by Gasteiger charge is 2.26. The fraction of sp³-hybridized carbons (Fsp3) is 0.538. The molecule has 2 aromatic heterocycles. The van der Waals surface area contributed by atoms with Crippen molar-refractivity contribution in [1.29, 1.82) is 0 Å². The number of nitrogens with zero attached hydrogens (tertiary/aromatic N) is 4. The van der Waals surface area contributed by atoms with E-state index in [2.05, 4.69) is 32.3 Å². The Balaban J connectivity index is 1.78. The van der Waals surface area contributed by atoms with Crippen LogP contribution in [0.2, 0.25) is 0 Å². The molecule has 1 aliphatic heterocycles. The van der Waals surface area contributed by atoms with Crippen LogP contribution in [0.25, 0.3) is 11.6 Å². The second-order valence-electron chi connectivity index (χ2n) is 4.83. The molecule has 3 rings (SSSR count). The summed E-state index contributed by atoms with van der Waals surface area (Å²) < 4.78 is 5.35. The molecule has 19 heavy (non-hydrogen) atoms. The second kappa shape index (κ2) is 5.44. The topological polar surface area (TPSA) is 76.7 Å². The summed E-state index contributed by atoms with van der Waals surface area (Å²) in [4.78, 5) is 12.7. The van der Waals surface area contributed by atoms with Crippen molar-refractivity contribution in [3.8, 4) is 11.6 Å². The first kappa shape index (κ1) is 12.2. The molecular weight excluding hydrogens is 242 g/mol. The molecule has 3 heterocycles. The van der Waals surface area contributed by atoms with Gasteiger partial charge in [0.1, 0.15) is 0 Å². The number of rotatable bonds is 3. The average Bonchev–Trinajstić information content (AvgIpc) is 2.98. The summed E-state index contributed by atoms with van der Waals surface area (Å²) in [6.45, 7) is 3.23. The Morgan fingerprint density at radius 1 is 1.32 bits per heavy atom. The van der Waals surface area contributed by atoms with Gasteiger partial charge < -0.3 is 9.84 Å². The third-order valence-electron chi connectivity index (χ3n) is 3.60. The average molecular weight is 259 g/mol. The fourth-order valence-corrected chi connectivity index (χ4v) is 2.44. The van der Waals surface area contributed by atoms with E-state index in [0.29, 0.717) is 17.5 Å². The number of hydrogen-bond donors (Lipinski definition) is 1. The quantitative estimate of drug-likeness (QED) is 0.908. The minimum Gasteiger partial charge on any atom is -0.337 e. The van der Waals surface area contributed by atoms with Crippen LogP contribution in [0.1, 0.15) is 38.1 Å². The number of hydrogen-bond acceptors (Lipinski definition) is 6. The lowest BCUT2D eigenvalue weighted by molar-refractivity contribution is 0.246. The smallest absolute Gasteiger partial charge is 0.244 e. The third-order valence-corrected chi connectivity index (χ3v) is 3.60. The maximum Gasteiger partial charge on any atom is 0.244 e. The molecule has 6 nitrogen and oxygen atoms in total. The van der Waals surface area contributed by atoms with Crippen LogP contribution >= 0.6 is 0 Å². The predicted octanol–water partition coefficient (Wildman–Crippen LogP) is 1.98. The lowest BCUT2D eigenvalue weighted by atomic mass is 9.90. The van der Waals surface area contributed by atoms with Gasteiger partial charge in [-0.1, -0.05) is 18.5 Å². The van der Waals surface area contributed by atoms with Gasteiger partial charge in [-0.2, -0.15) is 4.98 Å². The normalized spacial score (nSPS) is 23.4. The molecule has 2 atom stereocenters. The summed E-state index contributed by atoms with van der Waals surface area (Å²) in [5, 5.41) is 7.39. The predicted molar refractivity (Wildman–Crippen MR) is 69.1 cm³/mol. The van der Waals surface area contributed by atoms with E-state index in [0.717, 1.165) is 18.9 Å². The van der Waals surface area contributed by atoms with Gasteiger partial charge in [0, 0.05) is 12.4 Å². The zero-order chi connectivity index (χ0) is 13.1. The highest BCUT2D eigenvalue weighted by Crippen LogP contribution is 2.28. The molecule has 2 unspecified atom stereocenters. The molecule has 0 aliphatic carbocycles. The van der Waals surface area contributed by atoms with E-state index < -0.39 is 0 Å². The van der Waals surface area contributed by atoms with E-state index in [1.807, 2.05) is 0 Å². The highest BCUT2D eigenvalue weighted by molar-refractivity contribution is 5.40. The van der Waals surface area contributed by atoms with E-state index in [1.54, 1.807) is 18.5 Å². The first-order valence-corrected chi connectivity index (χ1v) is 6.71. The number of piperidine rings is 1. The van der Waals surface area contributed by atoms with Gasteiger partial charge in [-0.3, -0.25) is 0 Å². The van der Waals surface area contributed by atoms with Gasteiger partial charge in [0.15, 0.2) is 0 Å². The molecule has 1 saturated heterocycles. The number of aromatic nitrogens is 4. The summed E-state index contributed by atoms with van der Waals surface area (Å²) in [6, 6.07) is 1.92. The van der Waals surface area contributed by atoms with Gasteiger partial charge in [0.2, 0.25) is 17.5 Å². The van der Waals surface area contributed by atoms with Gasteiger partial charge >= 0.3 is 0 Å². The Labute approximate surface area is 111 Å². The van der Waals surface area contributed by atoms with Gasteiger partial charge in [-0.05, 0) is 31.4 Å². The first-order chi connectivity index (χ1) is 9.36. The molecule has 1 aliphatic rings. The van der Waals surface area contributed by atoms with Crippen molar-refractivity contribution in [2.75, 3.05) is 6.54 Å². The lowest BCUT2D eigenvalue weighted by Gasteiger charge is -2.27. The highest BCUT2D eigenvalue weighted by atomic mass is 16.5. The van der Waals surface area contributed by atoms with Crippen molar-refractivity contribution >= 4 is 0 Å². The van der Waals surface area contributed by atoms with Gasteiger partial charge in [0.25, 0.3) is 0 Å². The minimum absolute atomic E-state index is 0.156. The molecule has 6 heteroatoms. The van der Waals surface area contributed by atoms with E-state index in [9.17, 15) is 0 Å². The molecule has 0 aromatic carbocycles. The van der Waals surface area contributed by atoms with Crippen LogP contribution in [0, 0.1) is 5.92 Å². The van der Waals surface area contributed by atoms with Crippen LogP contribution < -0.4 is 5.32 Å². The minimum atomic E-state index is 0.156. The Bertz CT molecular complexity index is 527. The SMILES string of the molecule is CCC1CCNC(c2nc(-c3ncccn3)no2)C1. The van der Waals surface area contributed by atoms with E-state index in [1.165, 1.54) is 12.8 Å². The van der Waals surface area contributed by atoms with Crippen LogP contribution in [-0.4, -0.2) is 26.7 Å². The van der Waals surface area contributed by atoms with Crippen LogP contribution in [0.4, 0.5) is 0 Å². The zero-order valence-corrected chi connectivity index (χ0v) is 10.9. The first-order valence-electron chi connectivity index (χ1n) is 6.71. The van der Waals surface area contributed by atoms with Crippen molar-refractivity contribution in [2.45, 2.75) is 32.2 Å². The fourth-order valence-electron chi connectivity index (χ4n) is 2.44. The Morgan fingerprint density at radius 3 is 2.95 bits per heavy atom. The second-order valence-corrected chi connectivity index (χ2v) is 4.83. The maximum atomic E-state index is 5.35. The Hall–Kier alpha value is -1.82. The monoisotopic (exact) mass is 259 g/mol.